The summed E-state index contributed by atoms with van der Waals surface area (Å²) in [6, 6.07) is 7.88. The van der Waals surface area contributed by atoms with Gasteiger partial charge in [0, 0.05) is 11.1 Å². The number of hydrogen-bond donors (Lipinski definition) is 1. The van der Waals surface area contributed by atoms with Crippen molar-refractivity contribution in [1.82, 2.24) is 4.98 Å². The molecule has 0 fully saturated rings. The average Bonchev–Trinajstić information content (AvgIpc) is 2.22. The molecule has 0 amide bonds. The minimum Gasteiger partial charge on any atom is -0.396 e. The van der Waals surface area contributed by atoms with Crippen LogP contribution in [0.3, 0.4) is 0 Å². The van der Waals surface area contributed by atoms with E-state index >= 15 is 0 Å². The van der Waals surface area contributed by atoms with Crippen LogP contribution in [0.5, 0.6) is 0 Å². The first-order valence-corrected chi connectivity index (χ1v) is 5.69. The molecule has 1 heterocycles. The van der Waals surface area contributed by atoms with Gasteiger partial charge in [-0.2, -0.15) is 0 Å². The Balaban J connectivity index is 2.27. The standard InChI is InChI=1S/C11H8ClFN2S/c12-7-4-10(14)11(15-6-7)16-9-3-1-2-8(13)5-9/h1-6H,14H2. The van der Waals surface area contributed by atoms with Crippen LogP contribution in [-0.4, -0.2) is 4.98 Å². The molecule has 2 aromatic rings. The van der Waals surface area contributed by atoms with Crippen molar-refractivity contribution in [2.45, 2.75) is 9.92 Å². The van der Waals surface area contributed by atoms with Gasteiger partial charge in [0.1, 0.15) is 10.8 Å². The minimum atomic E-state index is -0.280. The molecule has 0 unspecified atom stereocenters. The molecule has 0 aliphatic heterocycles. The fourth-order valence-corrected chi connectivity index (χ4v) is 2.16. The number of nitrogens with two attached hydrogens (primary N) is 1. The number of halogens is 2. The van der Waals surface area contributed by atoms with E-state index in [2.05, 4.69) is 4.98 Å². The van der Waals surface area contributed by atoms with Gasteiger partial charge < -0.3 is 5.73 Å². The third-order valence-corrected chi connectivity index (χ3v) is 3.09. The summed E-state index contributed by atoms with van der Waals surface area (Å²) < 4.78 is 12.9. The smallest absolute Gasteiger partial charge is 0.124 e. The highest BCUT2D eigenvalue weighted by Crippen LogP contribution is 2.31. The second-order valence-corrected chi connectivity index (χ2v) is 4.61. The highest BCUT2D eigenvalue weighted by molar-refractivity contribution is 7.99. The lowest BCUT2D eigenvalue weighted by Gasteiger charge is -2.04. The zero-order valence-electron chi connectivity index (χ0n) is 8.15. The Morgan fingerprint density at radius 1 is 1.31 bits per heavy atom. The van der Waals surface area contributed by atoms with E-state index in [1.807, 2.05) is 0 Å². The normalized spacial score (nSPS) is 10.4. The van der Waals surface area contributed by atoms with Crippen LogP contribution in [0.15, 0.2) is 46.5 Å². The second kappa shape index (κ2) is 4.72. The third kappa shape index (κ3) is 2.65. The molecule has 0 aliphatic rings. The molecule has 0 saturated carbocycles. The summed E-state index contributed by atoms with van der Waals surface area (Å²) in [7, 11) is 0. The number of aromatic nitrogens is 1. The molecular weight excluding hydrogens is 247 g/mol. The van der Waals surface area contributed by atoms with Crippen molar-refractivity contribution in [3.63, 3.8) is 0 Å². The molecule has 0 saturated heterocycles. The van der Waals surface area contributed by atoms with Crippen molar-refractivity contribution in [2.75, 3.05) is 5.73 Å². The van der Waals surface area contributed by atoms with E-state index in [9.17, 15) is 4.39 Å². The van der Waals surface area contributed by atoms with Crippen LogP contribution in [0, 0.1) is 5.82 Å². The largest absolute Gasteiger partial charge is 0.396 e. The van der Waals surface area contributed by atoms with Crippen molar-refractivity contribution < 1.29 is 4.39 Å². The third-order valence-electron chi connectivity index (χ3n) is 1.86. The Morgan fingerprint density at radius 2 is 2.12 bits per heavy atom. The van der Waals surface area contributed by atoms with Crippen molar-refractivity contribution in [3.05, 3.63) is 47.4 Å². The van der Waals surface area contributed by atoms with Gasteiger partial charge in [-0.3, -0.25) is 0 Å². The molecule has 0 aliphatic carbocycles. The summed E-state index contributed by atoms with van der Waals surface area (Å²) in [5, 5.41) is 1.11. The number of pyridine rings is 1. The molecule has 1 aromatic heterocycles. The maximum absolute atomic E-state index is 12.9. The number of nitrogen functional groups attached to an aromatic ring is 1. The molecule has 16 heavy (non-hydrogen) atoms. The highest BCUT2D eigenvalue weighted by atomic mass is 35.5. The quantitative estimate of drug-likeness (QED) is 0.890. The maximum Gasteiger partial charge on any atom is 0.124 e. The number of nitrogens with zero attached hydrogens (tertiary/aromatic N) is 1. The van der Waals surface area contributed by atoms with Gasteiger partial charge in [-0.05, 0) is 24.3 Å². The van der Waals surface area contributed by atoms with Gasteiger partial charge in [0.2, 0.25) is 0 Å². The fraction of sp³-hybridized carbons (Fsp3) is 0. The fourth-order valence-electron chi connectivity index (χ4n) is 1.17. The Hall–Kier alpha value is -1.26. The zero-order chi connectivity index (χ0) is 11.5. The number of hydrogen-bond acceptors (Lipinski definition) is 3. The average molecular weight is 255 g/mol. The van der Waals surface area contributed by atoms with E-state index in [4.69, 9.17) is 17.3 Å². The van der Waals surface area contributed by atoms with Gasteiger partial charge in [0.05, 0.1) is 10.7 Å². The molecule has 82 valence electrons. The topological polar surface area (TPSA) is 38.9 Å². The second-order valence-electron chi connectivity index (χ2n) is 3.11. The first-order valence-electron chi connectivity index (χ1n) is 4.49. The van der Waals surface area contributed by atoms with Gasteiger partial charge in [0.25, 0.3) is 0 Å². The summed E-state index contributed by atoms with van der Waals surface area (Å²) in [6.07, 6.45) is 1.51. The van der Waals surface area contributed by atoms with Crippen molar-refractivity contribution >= 4 is 29.1 Å². The zero-order valence-corrected chi connectivity index (χ0v) is 9.73. The molecule has 1 aromatic carbocycles. The van der Waals surface area contributed by atoms with Gasteiger partial charge in [0.15, 0.2) is 0 Å². The maximum atomic E-state index is 12.9. The summed E-state index contributed by atoms with van der Waals surface area (Å²) in [5.41, 5.74) is 6.23. The van der Waals surface area contributed by atoms with Crippen molar-refractivity contribution in [1.29, 1.82) is 0 Å². The molecule has 0 radical (unpaired) electrons. The van der Waals surface area contributed by atoms with Gasteiger partial charge in [-0.25, -0.2) is 9.37 Å². The van der Waals surface area contributed by atoms with Crippen LogP contribution in [0.2, 0.25) is 5.02 Å². The van der Waals surface area contributed by atoms with E-state index in [0.717, 1.165) is 4.90 Å². The Kier molecular flexibility index (Phi) is 3.31. The minimum absolute atomic E-state index is 0.280. The van der Waals surface area contributed by atoms with Crippen LogP contribution >= 0.6 is 23.4 Å². The lowest BCUT2D eigenvalue weighted by atomic mass is 10.4. The summed E-state index contributed by atoms with van der Waals surface area (Å²) in [4.78, 5) is 4.84. The highest BCUT2D eigenvalue weighted by Gasteiger charge is 2.04. The number of benzene rings is 1. The van der Waals surface area contributed by atoms with E-state index in [1.165, 1.54) is 30.1 Å². The predicted octanol–water partition coefficient (Wildman–Crippen LogP) is 3.61. The Bertz CT molecular complexity index is 519. The predicted molar refractivity (Wildman–Crippen MR) is 64.2 cm³/mol. The monoisotopic (exact) mass is 254 g/mol. The molecule has 2 rings (SSSR count). The van der Waals surface area contributed by atoms with E-state index < -0.39 is 0 Å². The summed E-state index contributed by atoms with van der Waals surface area (Å²) in [5.74, 6) is -0.280. The van der Waals surface area contributed by atoms with Crippen LogP contribution in [0.25, 0.3) is 0 Å². The van der Waals surface area contributed by atoms with Crippen LogP contribution < -0.4 is 5.73 Å². The molecule has 2 N–H and O–H groups in total. The van der Waals surface area contributed by atoms with Crippen molar-refractivity contribution in [3.8, 4) is 0 Å². The van der Waals surface area contributed by atoms with Gasteiger partial charge in [-0.15, -0.1) is 0 Å². The van der Waals surface area contributed by atoms with Crippen LogP contribution in [0.4, 0.5) is 10.1 Å². The molecular formula is C11H8ClFN2S. The lowest BCUT2D eigenvalue weighted by Crippen LogP contribution is -1.91. The first-order chi connectivity index (χ1) is 7.65. The van der Waals surface area contributed by atoms with Gasteiger partial charge >= 0.3 is 0 Å². The first kappa shape index (κ1) is 11.2. The van der Waals surface area contributed by atoms with E-state index in [-0.39, 0.29) is 5.82 Å². The van der Waals surface area contributed by atoms with E-state index in [1.54, 1.807) is 18.2 Å². The Labute approximate surface area is 102 Å². The SMILES string of the molecule is Nc1cc(Cl)cnc1Sc1cccc(F)c1. The van der Waals surface area contributed by atoms with E-state index in [0.29, 0.717) is 15.7 Å². The molecule has 0 spiro atoms. The van der Waals surface area contributed by atoms with Crippen LogP contribution in [0.1, 0.15) is 0 Å². The summed E-state index contributed by atoms with van der Waals surface area (Å²) in [6.45, 7) is 0. The number of anilines is 1. The molecule has 2 nitrogen and oxygen atoms in total. The number of rotatable bonds is 2. The van der Waals surface area contributed by atoms with Gasteiger partial charge in [-0.1, -0.05) is 29.4 Å². The lowest BCUT2D eigenvalue weighted by molar-refractivity contribution is 0.624. The molecule has 0 bridgehead atoms. The van der Waals surface area contributed by atoms with Crippen LogP contribution in [-0.2, 0) is 0 Å². The summed E-state index contributed by atoms with van der Waals surface area (Å²) >= 11 is 7.04. The van der Waals surface area contributed by atoms with Crippen molar-refractivity contribution in [2.24, 2.45) is 0 Å². The molecule has 0 atom stereocenters. The molecule has 5 heteroatoms. The Morgan fingerprint density at radius 3 is 2.81 bits per heavy atom.